The summed E-state index contributed by atoms with van der Waals surface area (Å²) >= 11 is 4.20. The predicted octanol–water partition coefficient (Wildman–Crippen LogP) is 5.94. The average molecular weight is 329 g/mol. The molecular weight excluding hydrogens is 292 g/mol. The number of rotatable bonds is 3. The van der Waals surface area contributed by atoms with Crippen molar-refractivity contribution in [2.75, 3.05) is 5.75 Å². The molecule has 1 atom stereocenters. The molecule has 1 rings (SSSR count). The Morgan fingerprint density at radius 2 is 1.23 bits per heavy atom. The van der Waals surface area contributed by atoms with Gasteiger partial charge in [0.15, 0.2) is 0 Å². The smallest absolute Gasteiger partial charge is 0.309 e. The molecule has 1 fully saturated rings. The lowest BCUT2D eigenvalue weighted by molar-refractivity contribution is -0.153. The van der Waals surface area contributed by atoms with Crippen LogP contribution in [0.25, 0.3) is 0 Å². The maximum Gasteiger partial charge on any atom is 0.309 e. The highest BCUT2D eigenvalue weighted by Crippen LogP contribution is 2.19. The van der Waals surface area contributed by atoms with Crippen LogP contribution in [0, 0.1) is 5.92 Å². The molecule has 0 bridgehead atoms. The largest absolute Gasteiger partial charge is 0.462 e. The molecule has 0 N–H and O–H groups in total. The van der Waals surface area contributed by atoms with Crippen molar-refractivity contribution in [1.82, 2.24) is 0 Å². The van der Waals surface area contributed by atoms with Gasteiger partial charge >= 0.3 is 5.97 Å². The summed E-state index contributed by atoms with van der Waals surface area (Å²) in [5.41, 5.74) is 0. The Morgan fingerprint density at radius 1 is 0.864 bits per heavy atom. The predicted molar refractivity (Wildman–Crippen MR) is 97.5 cm³/mol. The number of ether oxygens (including phenoxy) is 1. The van der Waals surface area contributed by atoms with Gasteiger partial charge in [0, 0.05) is 5.75 Å². The summed E-state index contributed by atoms with van der Waals surface area (Å²) in [6.45, 7) is 1.90. The molecule has 0 spiro atoms. The van der Waals surface area contributed by atoms with Gasteiger partial charge in [-0.15, -0.1) is 0 Å². The van der Waals surface area contributed by atoms with Crippen molar-refractivity contribution < 1.29 is 9.53 Å². The van der Waals surface area contributed by atoms with Crippen LogP contribution in [0.2, 0.25) is 0 Å². The molecule has 0 aromatic carbocycles. The van der Waals surface area contributed by atoms with E-state index in [2.05, 4.69) is 12.6 Å². The molecule has 0 radical (unpaired) electrons. The van der Waals surface area contributed by atoms with Crippen molar-refractivity contribution in [3.8, 4) is 0 Å². The highest BCUT2D eigenvalue weighted by molar-refractivity contribution is 7.80. The Balaban J connectivity index is 2.37. The zero-order chi connectivity index (χ0) is 16.0. The summed E-state index contributed by atoms with van der Waals surface area (Å²) in [6, 6.07) is 0. The lowest BCUT2D eigenvalue weighted by Crippen LogP contribution is -2.24. The highest BCUT2D eigenvalue weighted by Gasteiger charge is 2.18. The first-order chi connectivity index (χ1) is 10.7. The molecule has 22 heavy (non-hydrogen) atoms. The zero-order valence-corrected chi connectivity index (χ0v) is 15.4. The van der Waals surface area contributed by atoms with Crippen LogP contribution in [-0.4, -0.2) is 17.8 Å². The summed E-state index contributed by atoms with van der Waals surface area (Å²) < 4.78 is 5.74. The first kappa shape index (κ1) is 19.9. The molecule has 3 heteroatoms. The Bertz CT molecular complexity index is 265. The van der Waals surface area contributed by atoms with Gasteiger partial charge in [0.05, 0.1) is 5.92 Å². The van der Waals surface area contributed by atoms with Crippen LogP contribution < -0.4 is 0 Å². The highest BCUT2D eigenvalue weighted by atomic mass is 32.1. The van der Waals surface area contributed by atoms with E-state index in [1.165, 1.54) is 77.0 Å². The van der Waals surface area contributed by atoms with Crippen LogP contribution in [0.1, 0.15) is 96.8 Å². The third-order valence-electron chi connectivity index (χ3n) is 4.76. The van der Waals surface area contributed by atoms with Crippen molar-refractivity contribution in [1.29, 1.82) is 0 Å². The van der Waals surface area contributed by atoms with Crippen molar-refractivity contribution in [2.45, 2.75) is 103 Å². The molecule has 1 saturated carbocycles. The number of hydrogen-bond acceptors (Lipinski definition) is 3. The molecule has 130 valence electrons. The maximum atomic E-state index is 12.0. The number of esters is 1. The van der Waals surface area contributed by atoms with Crippen LogP contribution >= 0.6 is 12.6 Å². The fourth-order valence-corrected chi connectivity index (χ4v) is 3.28. The number of carbonyl (C=O) groups excluding carboxylic acids is 1. The molecule has 0 heterocycles. The lowest BCUT2D eigenvalue weighted by Gasteiger charge is -2.20. The third kappa shape index (κ3) is 9.76. The second-order valence-corrected chi connectivity index (χ2v) is 7.33. The van der Waals surface area contributed by atoms with E-state index in [-0.39, 0.29) is 18.0 Å². The minimum atomic E-state index is -0.0834. The number of hydrogen-bond donors (Lipinski definition) is 1. The van der Waals surface area contributed by atoms with E-state index in [0.717, 1.165) is 12.8 Å². The van der Waals surface area contributed by atoms with E-state index in [1.54, 1.807) is 0 Å². The molecule has 2 nitrogen and oxygen atoms in total. The molecule has 0 aliphatic heterocycles. The van der Waals surface area contributed by atoms with Gasteiger partial charge in [0.2, 0.25) is 0 Å². The monoisotopic (exact) mass is 328 g/mol. The minimum Gasteiger partial charge on any atom is -0.462 e. The molecule has 1 unspecified atom stereocenters. The van der Waals surface area contributed by atoms with Gasteiger partial charge in [-0.3, -0.25) is 4.79 Å². The summed E-state index contributed by atoms with van der Waals surface area (Å²) in [6.07, 6.45) is 18.3. The lowest BCUT2D eigenvalue weighted by atomic mass is 10.0. The van der Waals surface area contributed by atoms with Gasteiger partial charge in [-0.1, -0.05) is 71.1 Å². The van der Waals surface area contributed by atoms with E-state index in [1.807, 2.05) is 6.92 Å². The van der Waals surface area contributed by atoms with Gasteiger partial charge in [-0.05, 0) is 25.7 Å². The second kappa shape index (κ2) is 13.3. The SMILES string of the molecule is CC(CS)C(=O)OC1CCCCCCCCCCCCCC1. The maximum absolute atomic E-state index is 12.0. The average Bonchev–Trinajstić information content (AvgIpc) is 2.54. The minimum absolute atomic E-state index is 0.0575. The third-order valence-corrected chi connectivity index (χ3v) is 5.31. The molecule has 0 aromatic rings. The van der Waals surface area contributed by atoms with Gasteiger partial charge in [-0.25, -0.2) is 0 Å². The Morgan fingerprint density at radius 3 is 1.59 bits per heavy atom. The molecule has 0 saturated heterocycles. The standard InChI is InChI=1S/C19H36O2S/c1-17(16-22)19(20)21-18-14-12-10-8-6-4-2-3-5-7-9-11-13-15-18/h17-18,22H,2-16H2,1H3. The van der Waals surface area contributed by atoms with Gasteiger partial charge in [0.25, 0.3) is 0 Å². The number of carbonyl (C=O) groups is 1. The quantitative estimate of drug-likeness (QED) is 0.512. The van der Waals surface area contributed by atoms with Crippen molar-refractivity contribution in [3.05, 3.63) is 0 Å². The van der Waals surface area contributed by atoms with Crippen LogP contribution in [0.4, 0.5) is 0 Å². The van der Waals surface area contributed by atoms with Crippen LogP contribution in [0.3, 0.4) is 0 Å². The van der Waals surface area contributed by atoms with Crippen molar-refractivity contribution >= 4 is 18.6 Å². The van der Waals surface area contributed by atoms with Gasteiger partial charge in [0.1, 0.15) is 6.10 Å². The van der Waals surface area contributed by atoms with Crippen LogP contribution in [-0.2, 0) is 9.53 Å². The fourth-order valence-electron chi connectivity index (χ4n) is 3.13. The zero-order valence-electron chi connectivity index (χ0n) is 14.5. The van der Waals surface area contributed by atoms with E-state index in [4.69, 9.17) is 4.74 Å². The molecule has 1 aliphatic carbocycles. The topological polar surface area (TPSA) is 26.3 Å². The first-order valence-electron chi connectivity index (χ1n) is 9.55. The Kier molecular flexibility index (Phi) is 12.0. The second-order valence-electron chi connectivity index (χ2n) is 6.96. The molecule has 0 aromatic heterocycles. The molecule has 1 aliphatic rings. The number of thiol groups is 1. The molecular formula is C19H36O2S. The van der Waals surface area contributed by atoms with E-state index >= 15 is 0 Å². The van der Waals surface area contributed by atoms with Crippen molar-refractivity contribution in [3.63, 3.8) is 0 Å². The van der Waals surface area contributed by atoms with E-state index < -0.39 is 0 Å². The molecule has 0 amide bonds. The van der Waals surface area contributed by atoms with Crippen LogP contribution in [0.15, 0.2) is 0 Å². The van der Waals surface area contributed by atoms with E-state index in [9.17, 15) is 4.79 Å². The van der Waals surface area contributed by atoms with Gasteiger partial charge in [-0.2, -0.15) is 12.6 Å². The summed E-state index contributed by atoms with van der Waals surface area (Å²) in [5, 5.41) is 0. The van der Waals surface area contributed by atoms with E-state index in [0.29, 0.717) is 5.75 Å². The Labute approximate surface area is 143 Å². The van der Waals surface area contributed by atoms with Gasteiger partial charge < -0.3 is 4.74 Å². The Hall–Kier alpha value is -0.180. The summed E-state index contributed by atoms with van der Waals surface area (Å²) in [5.74, 6) is 0.434. The summed E-state index contributed by atoms with van der Waals surface area (Å²) in [4.78, 5) is 12.0. The van der Waals surface area contributed by atoms with Crippen molar-refractivity contribution in [2.24, 2.45) is 5.92 Å². The normalized spacial score (nSPS) is 22.3. The fraction of sp³-hybridized carbons (Fsp3) is 0.947. The first-order valence-corrected chi connectivity index (χ1v) is 10.2. The van der Waals surface area contributed by atoms with Crippen LogP contribution in [0.5, 0.6) is 0 Å². The summed E-state index contributed by atoms with van der Waals surface area (Å²) in [7, 11) is 0.